The van der Waals surface area contributed by atoms with Gasteiger partial charge in [-0.2, -0.15) is 4.98 Å². The Morgan fingerprint density at radius 1 is 1.37 bits per heavy atom. The predicted octanol–water partition coefficient (Wildman–Crippen LogP) is 3.40. The predicted molar refractivity (Wildman–Crippen MR) is 78.5 cm³/mol. The molecule has 2 aromatic heterocycles. The first-order valence-electron chi connectivity index (χ1n) is 5.80. The van der Waals surface area contributed by atoms with Crippen LogP contribution in [0.5, 0.6) is 0 Å². The molecular weight excluding hydrogens is 328 g/mol. The van der Waals surface area contributed by atoms with Crippen molar-refractivity contribution in [2.45, 2.75) is 13.3 Å². The van der Waals surface area contributed by atoms with Crippen molar-refractivity contribution in [2.75, 3.05) is 11.9 Å². The number of aryl methyl sites for hydroxylation is 1. The zero-order valence-electron chi connectivity index (χ0n) is 10.2. The smallest absolute Gasteiger partial charge is 0.223 e. The van der Waals surface area contributed by atoms with E-state index in [0.717, 1.165) is 28.1 Å². The summed E-state index contributed by atoms with van der Waals surface area (Å²) in [6.07, 6.45) is 0.719. The number of hydrogen-bond acceptors (Lipinski definition) is 6. The number of benzene rings is 1. The van der Waals surface area contributed by atoms with E-state index in [2.05, 4.69) is 42.4 Å². The Morgan fingerprint density at radius 2 is 2.26 bits per heavy atom. The minimum absolute atomic E-state index is 0.597. The Balaban J connectivity index is 1.65. The van der Waals surface area contributed by atoms with Crippen molar-refractivity contribution in [3.05, 3.63) is 34.4 Å². The first-order chi connectivity index (χ1) is 9.20. The van der Waals surface area contributed by atoms with Gasteiger partial charge in [0.25, 0.3) is 0 Å². The molecule has 5 nitrogen and oxygen atoms in total. The molecular formula is C12H11BrN4OS. The van der Waals surface area contributed by atoms with Gasteiger partial charge < -0.3 is 9.84 Å². The molecule has 0 amide bonds. The summed E-state index contributed by atoms with van der Waals surface area (Å²) < 4.78 is 7.13. The number of thiazole rings is 1. The lowest BCUT2D eigenvalue weighted by atomic mass is 10.3. The molecule has 0 atom stereocenters. The average molecular weight is 339 g/mol. The lowest BCUT2D eigenvalue weighted by Crippen LogP contribution is -2.05. The van der Waals surface area contributed by atoms with Crippen molar-refractivity contribution in [3.8, 4) is 0 Å². The molecule has 0 unspecified atom stereocenters. The van der Waals surface area contributed by atoms with Crippen LogP contribution in [0.25, 0.3) is 10.2 Å². The molecule has 0 fully saturated rings. The number of fused-ring (bicyclic) bond motifs is 1. The third-order valence-electron chi connectivity index (χ3n) is 2.54. The fourth-order valence-corrected chi connectivity index (χ4v) is 2.92. The van der Waals surface area contributed by atoms with Gasteiger partial charge in [0, 0.05) is 24.4 Å². The summed E-state index contributed by atoms with van der Waals surface area (Å²) in [5.74, 6) is 1.31. The van der Waals surface area contributed by atoms with Crippen LogP contribution in [0.4, 0.5) is 5.13 Å². The molecule has 98 valence electrons. The van der Waals surface area contributed by atoms with Gasteiger partial charge in [-0.25, -0.2) is 4.98 Å². The molecule has 2 heterocycles. The standard InChI is InChI=1S/C12H11BrN4OS/c1-7-15-11(17-18-7)4-5-14-12-16-9-6-8(13)2-3-10(9)19-12/h2-3,6H,4-5H2,1H3,(H,14,16). The molecule has 0 saturated heterocycles. The number of anilines is 1. The van der Waals surface area contributed by atoms with Crippen LogP contribution in [0.1, 0.15) is 11.7 Å². The number of nitrogens with one attached hydrogen (secondary N) is 1. The summed E-state index contributed by atoms with van der Waals surface area (Å²) >= 11 is 5.08. The zero-order chi connectivity index (χ0) is 13.2. The third-order valence-corrected chi connectivity index (χ3v) is 4.03. The fraction of sp³-hybridized carbons (Fsp3) is 0.250. The summed E-state index contributed by atoms with van der Waals surface area (Å²) in [7, 11) is 0. The highest BCUT2D eigenvalue weighted by atomic mass is 79.9. The Kier molecular flexibility index (Phi) is 3.48. The summed E-state index contributed by atoms with van der Waals surface area (Å²) in [5.41, 5.74) is 0.997. The van der Waals surface area contributed by atoms with Gasteiger partial charge in [-0.05, 0) is 18.2 Å². The van der Waals surface area contributed by atoms with E-state index in [1.807, 2.05) is 12.1 Å². The highest BCUT2D eigenvalue weighted by molar-refractivity contribution is 9.10. The van der Waals surface area contributed by atoms with Crippen molar-refractivity contribution >= 4 is 42.6 Å². The molecule has 3 rings (SSSR count). The van der Waals surface area contributed by atoms with Gasteiger partial charge in [-0.1, -0.05) is 32.4 Å². The first-order valence-corrected chi connectivity index (χ1v) is 7.41. The zero-order valence-corrected chi connectivity index (χ0v) is 12.6. The van der Waals surface area contributed by atoms with E-state index in [1.54, 1.807) is 18.3 Å². The molecule has 0 aliphatic rings. The van der Waals surface area contributed by atoms with Crippen molar-refractivity contribution < 1.29 is 4.52 Å². The van der Waals surface area contributed by atoms with E-state index in [4.69, 9.17) is 4.52 Å². The Bertz CT molecular complexity index is 709. The fourth-order valence-electron chi connectivity index (χ4n) is 1.70. The SMILES string of the molecule is Cc1nc(CCNc2nc3cc(Br)ccc3s2)no1. The normalized spacial score (nSPS) is 11.1. The van der Waals surface area contributed by atoms with E-state index < -0.39 is 0 Å². The number of halogens is 1. The molecule has 0 radical (unpaired) electrons. The molecule has 3 aromatic rings. The second kappa shape index (κ2) is 5.26. The number of hydrogen-bond donors (Lipinski definition) is 1. The minimum Gasteiger partial charge on any atom is -0.361 e. The third kappa shape index (κ3) is 2.93. The number of rotatable bonds is 4. The molecule has 0 aliphatic heterocycles. The maximum atomic E-state index is 4.92. The Morgan fingerprint density at radius 3 is 3.05 bits per heavy atom. The van der Waals surface area contributed by atoms with Crippen molar-refractivity contribution in [2.24, 2.45) is 0 Å². The molecule has 1 N–H and O–H groups in total. The summed E-state index contributed by atoms with van der Waals surface area (Å²) in [4.78, 5) is 8.68. The lowest BCUT2D eigenvalue weighted by Gasteiger charge is -1.97. The molecule has 0 aliphatic carbocycles. The summed E-state index contributed by atoms with van der Waals surface area (Å²) in [5, 5.41) is 8.04. The minimum atomic E-state index is 0.597. The molecule has 0 spiro atoms. The van der Waals surface area contributed by atoms with E-state index in [1.165, 1.54) is 4.70 Å². The van der Waals surface area contributed by atoms with Crippen molar-refractivity contribution in [3.63, 3.8) is 0 Å². The van der Waals surface area contributed by atoms with Crippen LogP contribution in [0, 0.1) is 6.92 Å². The second-order valence-electron chi connectivity index (χ2n) is 4.04. The van der Waals surface area contributed by atoms with Gasteiger partial charge in [0.1, 0.15) is 0 Å². The van der Waals surface area contributed by atoms with Gasteiger partial charge >= 0.3 is 0 Å². The van der Waals surface area contributed by atoms with Crippen LogP contribution < -0.4 is 5.32 Å². The summed E-state index contributed by atoms with van der Waals surface area (Å²) in [6.45, 7) is 2.52. The average Bonchev–Trinajstić information content (AvgIpc) is 2.95. The molecule has 1 aromatic carbocycles. The van der Waals surface area contributed by atoms with E-state index in [9.17, 15) is 0 Å². The Hall–Kier alpha value is -1.47. The molecule has 7 heteroatoms. The first kappa shape index (κ1) is 12.6. The van der Waals surface area contributed by atoms with Gasteiger partial charge in [0.15, 0.2) is 11.0 Å². The van der Waals surface area contributed by atoms with Crippen LogP contribution in [0.15, 0.2) is 27.2 Å². The van der Waals surface area contributed by atoms with Gasteiger partial charge in [0.05, 0.1) is 10.2 Å². The Labute approximate surface area is 122 Å². The van der Waals surface area contributed by atoms with E-state index >= 15 is 0 Å². The number of aromatic nitrogens is 3. The topological polar surface area (TPSA) is 63.8 Å². The number of nitrogens with zero attached hydrogens (tertiary/aromatic N) is 3. The van der Waals surface area contributed by atoms with Gasteiger partial charge in [-0.3, -0.25) is 0 Å². The van der Waals surface area contributed by atoms with E-state index in [-0.39, 0.29) is 0 Å². The maximum Gasteiger partial charge on any atom is 0.223 e. The summed E-state index contributed by atoms with van der Waals surface area (Å²) in [6, 6.07) is 6.09. The molecule has 0 saturated carbocycles. The van der Waals surface area contributed by atoms with Crippen molar-refractivity contribution in [1.29, 1.82) is 0 Å². The van der Waals surface area contributed by atoms with Crippen molar-refractivity contribution in [1.82, 2.24) is 15.1 Å². The highest BCUT2D eigenvalue weighted by Crippen LogP contribution is 2.27. The van der Waals surface area contributed by atoms with Crippen LogP contribution in [-0.4, -0.2) is 21.7 Å². The van der Waals surface area contributed by atoms with Gasteiger partial charge in [0.2, 0.25) is 5.89 Å². The molecule has 0 bridgehead atoms. The van der Waals surface area contributed by atoms with Crippen LogP contribution in [-0.2, 0) is 6.42 Å². The maximum absolute atomic E-state index is 4.92. The van der Waals surface area contributed by atoms with Gasteiger partial charge in [-0.15, -0.1) is 0 Å². The van der Waals surface area contributed by atoms with Crippen LogP contribution in [0.2, 0.25) is 0 Å². The monoisotopic (exact) mass is 338 g/mol. The second-order valence-corrected chi connectivity index (χ2v) is 5.98. The lowest BCUT2D eigenvalue weighted by molar-refractivity contribution is 0.387. The van der Waals surface area contributed by atoms with Crippen LogP contribution in [0.3, 0.4) is 0 Å². The highest BCUT2D eigenvalue weighted by Gasteiger charge is 2.05. The van der Waals surface area contributed by atoms with E-state index in [0.29, 0.717) is 11.7 Å². The largest absolute Gasteiger partial charge is 0.361 e. The quantitative estimate of drug-likeness (QED) is 0.789. The van der Waals surface area contributed by atoms with Crippen LogP contribution >= 0.6 is 27.3 Å². The molecule has 19 heavy (non-hydrogen) atoms.